The van der Waals surface area contributed by atoms with E-state index in [0.717, 1.165) is 17.3 Å². The van der Waals surface area contributed by atoms with E-state index in [9.17, 15) is 5.26 Å². The van der Waals surface area contributed by atoms with Crippen molar-refractivity contribution < 1.29 is 45.1 Å². The maximum absolute atomic E-state index is 10.1. The summed E-state index contributed by atoms with van der Waals surface area (Å²) in [6, 6.07) is 36.0. The molecule has 0 N–H and O–H groups in total. The van der Waals surface area contributed by atoms with Gasteiger partial charge in [-0.3, -0.25) is 0 Å². The number of hydrogen-bond donors (Lipinski definition) is 0. The molecule has 55 heavy (non-hydrogen) atoms. The predicted molar refractivity (Wildman–Crippen MR) is 222 cm³/mol. The molecule has 0 saturated carbocycles. The van der Waals surface area contributed by atoms with Crippen molar-refractivity contribution in [2.75, 3.05) is 0 Å². The molecule has 0 atom stereocenters. The van der Waals surface area contributed by atoms with Crippen LogP contribution in [0.5, 0.6) is 0 Å². The summed E-state index contributed by atoms with van der Waals surface area (Å²) in [7, 11) is 0. The summed E-state index contributed by atoms with van der Waals surface area (Å²) >= 11 is 0. The van der Waals surface area contributed by atoms with Gasteiger partial charge in [0.05, 0.1) is 6.95 Å². The third-order valence-corrected chi connectivity index (χ3v) is 8.52. The van der Waals surface area contributed by atoms with E-state index in [1.807, 2.05) is 48.5 Å². The molecule has 5 heteroatoms. The standard InChI is InChI=1S/C37H31N2O.C13H12N.Ir/c1-23-18-25(20-37(3,4)5)14-16-28(23)32-19-33(39-22-24(32)2)30-17-15-27(21-38)34-31-13-9-12-29(35(31)40-36(30)34)26-10-7-6-8-11-26;1-10-3-6-12(7-4-10)13-8-5-11(2)9-14-13;/h6-16,18-19,22H,20H2,1-5H3;3-6,8-9H,1-2H3;/q2*-1;/i1D3,2D3,16D,20D2;1D3,2D3;. The van der Waals surface area contributed by atoms with Crippen LogP contribution in [0.4, 0.5) is 0 Å². The van der Waals surface area contributed by atoms with Crippen LogP contribution >= 0.6 is 0 Å². The minimum absolute atomic E-state index is 0. The van der Waals surface area contributed by atoms with Gasteiger partial charge in [0, 0.05) is 68.7 Å². The van der Waals surface area contributed by atoms with Crippen molar-refractivity contribution in [1.82, 2.24) is 9.97 Å². The molecular formula is C50H43IrN3O-2. The van der Waals surface area contributed by atoms with Crippen LogP contribution in [-0.4, -0.2) is 9.97 Å². The monoisotopic (exact) mass is 909 g/mol. The number of fused-ring (bicyclic) bond motifs is 3. The second kappa shape index (κ2) is 16.4. The smallest absolute Gasteiger partial charge is 0.128 e. The van der Waals surface area contributed by atoms with E-state index in [1.54, 1.807) is 32.9 Å². The molecule has 4 nitrogen and oxygen atoms in total. The van der Waals surface area contributed by atoms with Gasteiger partial charge in [-0.2, -0.15) is 0 Å². The summed E-state index contributed by atoms with van der Waals surface area (Å²) in [6.07, 6.45) is 0.424. The fourth-order valence-corrected chi connectivity index (χ4v) is 6.13. The van der Waals surface area contributed by atoms with Crippen molar-refractivity contribution >= 4 is 21.9 Å². The Bertz CT molecular complexity index is 3180. The maximum atomic E-state index is 10.1. The number of furan rings is 1. The SMILES string of the molecule is [2H]C([2H])([2H])c1c[c-]c(-c2ccc(C([2H])([2H])[2H])cn2)cc1.[2H]c1cc(C([2H])([2H])C(C)(C)C)cc(C([2H])([2H])[2H])c1-c1cc(-c2[c-]cc(C#N)c3c2oc2c(-c4ccccc4)cccc23)ncc1C([2H])([2H])[2H].[Ir]. The van der Waals surface area contributed by atoms with E-state index in [4.69, 9.17) is 25.0 Å². The molecule has 0 unspecified atom stereocenters. The first kappa shape index (κ1) is 24.0. The van der Waals surface area contributed by atoms with Crippen LogP contribution in [0.3, 0.4) is 0 Å². The number of nitrogens with zero attached hydrogens (tertiary/aromatic N) is 3. The van der Waals surface area contributed by atoms with Gasteiger partial charge in [-0.25, -0.2) is 5.26 Å². The van der Waals surface area contributed by atoms with Crippen molar-refractivity contribution in [3.05, 3.63) is 167 Å². The van der Waals surface area contributed by atoms with E-state index in [-0.39, 0.29) is 76.4 Å². The number of rotatable bonds is 5. The molecule has 3 heterocycles. The summed E-state index contributed by atoms with van der Waals surface area (Å²) in [5, 5.41) is 11.3. The molecule has 0 aliphatic carbocycles. The van der Waals surface area contributed by atoms with Crippen LogP contribution in [0.1, 0.15) is 74.7 Å². The van der Waals surface area contributed by atoms with E-state index >= 15 is 0 Å². The van der Waals surface area contributed by atoms with Gasteiger partial charge in [0.2, 0.25) is 0 Å². The topological polar surface area (TPSA) is 62.7 Å². The zero-order chi connectivity index (χ0) is 50.6. The fraction of sp³-hybridized carbons (Fsp3) is 0.180. The second-order valence-corrected chi connectivity index (χ2v) is 13.6. The van der Waals surface area contributed by atoms with Gasteiger partial charge in [-0.15, -0.1) is 47.5 Å². The van der Waals surface area contributed by atoms with Crippen LogP contribution in [0.15, 0.2) is 126 Å². The molecule has 0 saturated heterocycles. The van der Waals surface area contributed by atoms with Gasteiger partial charge in [0.15, 0.2) is 0 Å². The van der Waals surface area contributed by atoms with Crippen LogP contribution in [0.2, 0.25) is 0 Å². The van der Waals surface area contributed by atoms with E-state index < -0.39 is 39.2 Å². The average Bonchev–Trinajstić information content (AvgIpc) is 3.67. The molecule has 0 aliphatic heterocycles. The van der Waals surface area contributed by atoms with Crippen LogP contribution < -0.4 is 0 Å². The molecule has 8 rings (SSSR count). The van der Waals surface area contributed by atoms with Gasteiger partial charge in [0.25, 0.3) is 0 Å². The first-order valence-corrected chi connectivity index (χ1v) is 17.0. The predicted octanol–water partition coefficient (Wildman–Crippen LogP) is 13.0. The molecule has 0 spiro atoms. The van der Waals surface area contributed by atoms with Crippen molar-refractivity contribution in [2.45, 2.75) is 54.6 Å². The Morgan fingerprint density at radius 2 is 1.56 bits per heavy atom. The fourth-order valence-electron chi connectivity index (χ4n) is 6.13. The Hall–Kier alpha value is -5.66. The zero-order valence-corrected chi connectivity index (χ0v) is 32.4. The number of nitriles is 1. The Morgan fingerprint density at radius 3 is 2.25 bits per heavy atom. The third kappa shape index (κ3) is 8.53. The third-order valence-electron chi connectivity index (χ3n) is 8.52. The number of para-hydroxylation sites is 1. The van der Waals surface area contributed by atoms with E-state index in [0.29, 0.717) is 38.7 Å². The Balaban J connectivity index is 0.000000321. The number of aromatic nitrogens is 2. The number of benzene rings is 5. The first-order chi connectivity index (χ1) is 32.0. The summed E-state index contributed by atoms with van der Waals surface area (Å²) in [5.41, 5.74) is 3.08. The molecule has 0 fully saturated rings. The summed E-state index contributed by atoms with van der Waals surface area (Å²) in [5.74, 6) is 0. The van der Waals surface area contributed by atoms with Crippen molar-refractivity contribution in [3.8, 4) is 50.8 Å². The van der Waals surface area contributed by atoms with E-state index in [2.05, 4.69) is 28.2 Å². The molecule has 8 aromatic rings. The maximum Gasteiger partial charge on any atom is 0.128 e. The van der Waals surface area contributed by atoms with Gasteiger partial charge < -0.3 is 14.4 Å². The summed E-state index contributed by atoms with van der Waals surface area (Å²) < 4.78 is 127. The van der Waals surface area contributed by atoms with Crippen molar-refractivity contribution in [2.24, 2.45) is 5.41 Å². The van der Waals surface area contributed by atoms with Gasteiger partial charge >= 0.3 is 0 Å². The zero-order valence-electron chi connectivity index (χ0n) is 45.1. The second-order valence-electron chi connectivity index (χ2n) is 13.6. The largest absolute Gasteiger partial charge is 0.500 e. The van der Waals surface area contributed by atoms with Crippen molar-refractivity contribution in [1.29, 1.82) is 5.26 Å². The molecule has 1 radical (unpaired) electrons. The van der Waals surface area contributed by atoms with Gasteiger partial charge in [-0.1, -0.05) is 118 Å². The van der Waals surface area contributed by atoms with Gasteiger partial charge in [0.1, 0.15) is 5.58 Å². The normalized spacial score (nSPS) is 16.3. The van der Waals surface area contributed by atoms with Crippen LogP contribution in [0.25, 0.3) is 66.7 Å². The summed E-state index contributed by atoms with van der Waals surface area (Å²) in [4.78, 5) is 8.55. The van der Waals surface area contributed by atoms with Gasteiger partial charge in [-0.05, 0) is 93.6 Å². The molecule has 3 aromatic heterocycles. The first-order valence-electron chi connectivity index (χ1n) is 24.5. The van der Waals surface area contributed by atoms with Crippen molar-refractivity contribution in [3.63, 3.8) is 0 Å². The Labute approximate surface area is 359 Å². The molecule has 0 amide bonds. The molecule has 0 bridgehead atoms. The number of pyridine rings is 2. The Morgan fingerprint density at radius 1 is 0.764 bits per heavy atom. The van der Waals surface area contributed by atoms with E-state index in [1.165, 1.54) is 48.7 Å². The minimum atomic E-state index is -2.83. The number of hydrogen-bond acceptors (Lipinski definition) is 4. The molecular weight excluding hydrogens is 851 g/mol. The molecule has 0 aliphatic rings. The molecule has 5 aromatic carbocycles. The number of aryl methyl sites for hydroxylation is 4. The Kier molecular flexibility index (Phi) is 7.14. The summed E-state index contributed by atoms with van der Waals surface area (Å²) in [6.45, 7) is -4.88. The quantitative estimate of drug-likeness (QED) is 0.161. The minimum Gasteiger partial charge on any atom is -0.500 e. The van der Waals surface area contributed by atoms with Crippen LogP contribution in [-0.2, 0) is 26.5 Å². The molecule has 275 valence electrons. The van der Waals surface area contributed by atoms with Crippen LogP contribution in [0, 0.1) is 56.3 Å². The average molecular weight is 909 g/mol.